The van der Waals surface area contributed by atoms with E-state index in [-0.39, 0.29) is 30.3 Å². The number of benzene rings is 1. The Morgan fingerprint density at radius 3 is 2.52 bits per heavy atom. The van der Waals surface area contributed by atoms with E-state index in [1.807, 2.05) is 0 Å². The van der Waals surface area contributed by atoms with Crippen LogP contribution in [-0.2, 0) is 20.8 Å². The minimum Gasteiger partial charge on any atom is -0.481 e. The van der Waals surface area contributed by atoms with Gasteiger partial charge in [-0.1, -0.05) is 12.1 Å². The average molecular weight is 429 g/mol. The number of aliphatic carboxylic acids is 2. The van der Waals surface area contributed by atoms with Gasteiger partial charge in [-0.3, -0.25) is 19.7 Å². The van der Waals surface area contributed by atoms with Crippen LogP contribution < -0.4 is 21.7 Å². The van der Waals surface area contributed by atoms with Gasteiger partial charge in [0.05, 0.1) is 0 Å². The van der Waals surface area contributed by atoms with Crippen molar-refractivity contribution in [3.05, 3.63) is 47.2 Å². The van der Waals surface area contributed by atoms with Crippen LogP contribution in [0.25, 0.3) is 0 Å². The zero-order chi connectivity index (χ0) is 22.5. The number of nitrogens with one attached hydrogen (secondary N) is 3. The molecule has 11 heteroatoms. The van der Waals surface area contributed by atoms with Crippen LogP contribution in [0.4, 0.5) is 0 Å². The monoisotopic (exact) mass is 429 g/mol. The Hall–Kier alpha value is -3.89. The number of carbonyl (C=O) groups is 4. The smallest absolute Gasteiger partial charge is 0.326 e. The topological polar surface area (TPSA) is 183 Å². The van der Waals surface area contributed by atoms with Crippen molar-refractivity contribution in [3.8, 4) is 0 Å². The molecule has 0 saturated carbocycles. The summed E-state index contributed by atoms with van der Waals surface area (Å²) in [5, 5.41) is 25.8. The highest BCUT2D eigenvalue weighted by molar-refractivity contribution is 6.01. The zero-order valence-corrected chi connectivity index (χ0v) is 16.5. The maximum absolute atomic E-state index is 12.3. The summed E-state index contributed by atoms with van der Waals surface area (Å²) in [5.41, 5.74) is 7.67. The highest BCUT2D eigenvalue weighted by atomic mass is 16.4. The normalized spacial score (nSPS) is 20.5. The molecular formula is C20H23N5O6. The van der Waals surface area contributed by atoms with Gasteiger partial charge < -0.3 is 26.6 Å². The number of hydrogen-bond acceptors (Lipinski definition) is 7. The van der Waals surface area contributed by atoms with E-state index in [0.717, 1.165) is 11.1 Å². The second-order valence-electron chi connectivity index (χ2n) is 7.31. The van der Waals surface area contributed by atoms with E-state index in [1.165, 1.54) is 0 Å². The quantitative estimate of drug-likeness (QED) is 0.305. The number of carbonyl (C=O) groups excluding carboxylic acids is 2. The first kappa shape index (κ1) is 21.8. The molecule has 0 aromatic heterocycles. The zero-order valence-electron chi connectivity index (χ0n) is 16.5. The first-order chi connectivity index (χ1) is 14.7. The van der Waals surface area contributed by atoms with Crippen molar-refractivity contribution >= 4 is 29.7 Å². The third-order valence-corrected chi connectivity index (χ3v) is 5.14. The van der Waals surface area contributed by atoms with Crippen molar-refractivity contribution in [1.29, 1.82) is 0 Å². The molecule has 1 aromatic carbocycles. The number of hydrogen-bond donors (Lipinski definition) is 6. The van der Waals surface area contributed by atoms with Crippen LogP contribution in [0.1, 0.15) is 35.2 Å². The van der Waals surface area contributed by atoms with Gasteiger partial charge in [-0.2, -0.15) is 0 Å². The van der Waals surface area contributed by atoms with Crippen LogP contribution >= 0.6 is 0 Å². The molecule has 164 valence electrons. The Morgan fingerprint density at radius 2 is 1.87 bits per heavy atom. The molecule has 0 radical (unpaired) electrons. The molecule has 3 unspecified atom stereocenters. The number of guanidine groups is 1. The van der Waals surface area contributed by atoms with Gasteiger partial charge in [0, 0.05) is 12.0 Å². The third-order valence-electron chi connectivity index (χ3n) is 5.14. The number of nitrogens with zero attached hydrogens (tertiary/aromatic N) is 1. The third kappa shape index (κ3) is 5.38. The Balaban J connectivity index is 1.55. The van der Waals surface area contributed by atoms with E-state index in [4.69, 9.17) is 15.9 Å². The fourth-order valence-corrected chi connectivity index (χ4v) is 3.50. The van der Waals surface area contributed by atoms with Crippen LogP contribution in [0, 0.1) is 5.92 Å². The molecule has 2 aliphatic rings. The number of amides is 2. The van der Waals surface area contributed by atoms with E-state index in [1.54, 1.807) is 30.5 Å². The van der Waals surface area contributed by atoms with Crippen molar-refractivity contribution in [2.45, 2.75) is 37.9 Å². The number of fused-ring (bicyclic) bond motifs is 1. The van der Waals surface area contributed by atoms with E-state index in [9.17, 15) is 19.2 Å². The summed E-state index contributed by atoms with van der Waals surface area (Å²) >= 11 is 0. The molecule has 7 N–H and O–H groups in total. The summed E-state index contributed by atoms with van der Waals surface area (Å²) in [4.78, 5) is 50.5. The van der Waals surface area contributed by atoms with Gasteiger partial charge in [0.15, 0.2) is 5.96 Å². The first-order valence-electron chi connectivity index (χ1n) is 9.68. The lowest BCUT2D eigenvalue weighted by atomic mass is 9.92. The summed E-state index contributed by atoms with van der Waals surface area (Å²) in [6.07, 6.45) is 2.06. The molecule has 2 amide bonds. The van der Waals surface area contributed by atoms with Gasteiger partial charge in [0.2, 0.25) is 5.91 Å². The Bertz CT molecular complexity index is 955. The maximum atomic E-state index is 12.3. The molecule has 0 spiro atoms. The van der Waals surface area contributed by atoms with E-state index >= 15 is 0 Å². The lowest BCUT2D eigenvalue weighted by Gasteiger charge is -2.24. The highest BCUT2D eigenvalue weighted by Gasteiger charge is 2.38. The van der Waals surface area contributed by atoms with E-state index in [2.05, 4.69) is 20.9 Å². The average Bonchev–Trinajstić information content (AvgIpc) is 3.12. The molecular weight excluding hydrogens is 406 g/mol. The molecule has 3 rings (SSSR count). The number of nitrogens with two attached hydrogens (primary N) is 1. The SMILES string of the molecule is NC1=NC2NC=C(CCc3ccc(C(=O)NC(CCC(=O)O)C(=O)O)cc3)C2C(=O)N1. The van der Waals surface area contributed by atoms with Crippen LogP contribution in [0.5, 0.6) is 0 Å². The summed E-state index contributed by atoms with van der Waals surface area (Å²) < 4.78 is 0. The maximum Gasteiger partial charge on any atom is 0.326 e. The van der Waals surface area contributed by atoms with Crippen molar-refractivity contribution < 1.29 is 29.4 Å². The number of aliphatic imine (C=N–C) groups is 1. The number of aryl methyl sites for hydroxylation is 1. The van der Waals surface area contributed by atoms with Gasteiger partial charge in [0.1, 0.15) is 18.1 Å². The van der Waals surface area contributed by atoms with Crippen LogP contribution in [0.2, 0.25) is 0 Å². The predicted molar refractivity (Wildman–Crippen MR) is 109 cm³/mol. The number of rotatable bonds is 9. The summed E-state index contributed by atoms with van der Waals surface area (Å²) in [6, 6.07) is 5.36. The molecule has 2 aliphatic heterocycles. The van der Waals surface area contributed by atoms with Crippen molar-refractivity contribution in [2.75, 3.05) is 0 Å². The largest absolute Gasteiger partial charge is 0.481 e. The fourth-order valence-electron chi connectivity index (χ4n) is 3.50. The van der Waals surface area contributed by atoms with Gasteiger partial charge in [-0.15, -0.1) is 0 Å². The number of carboxylic acid groups (broad SMARTS) is 2. The summed E-state index contributed by atoms with van der Waals surface area (Å²) in [7, 11) is 0. The Kier molecular flexibility index (Phi) is 6.53. The van der Waals surface area contributed by atoms with E-state index < -0.39 is 36.0 Å². The minimum absolute atomic E-state index is 0.0929. The van der Waals surface area contributed by atoms with Crippen LogP contribution in [-0.4, -0.2) is 52.1 Å². The van der Waals surface area contributed by atoms with Crippen molar-refractivity contribution in [1.82, 2.24) is 16.0 Å². The molecule has 1 aromatic rings. The second-order valence-corrected chi connectivity index (χ2v) is 7.31. The van der Waals surface area contributed by atoms with Crippen molar-refractivity contribution in [3.63, 3.8) is 0 Å². The van der Waals surface area contributed by atoms with Crippen LogP contribution in [0.3, 0.4) is 0 Å². The van der Waals surface area contributed by atoms with Gasteiger partial charge in [-0.25, -0.2) is 9.79 Å². The van der Waals surface area contributed by atoms with Gasteiger partial charge in [0.25, 0.3) is 5.91 Å². The highest BCUT2D eigenvalue weighted by Crippen LogP contribution is 2.28. The van der Waals surface area contributed by atoms with Crippen molar-refractivity contribution in [2.24, 2.45) is 16.6 Å². The molecule has 0 saturated heterocycles. The fraction of sp³-hybridized carbons (Fsp3) is 0.350. The number of carboxylic acids is 2. The Morgan fingerprint density at radius 1 is 1.16 bits per heavy atom. The van der Waals surface area contributed by atoms with Crippen LogP contribution in [0.15, 0.2) is 41.0 Å². The molecule has 0 fully saturated rings. The molecule has 31 heavy (non-hydrogen) atoms. The molecule has 0 aliphatic carbocycles. The summed E-state index contributed by atoms with van der Waals surface area (Å²) in [6.45, 7) is 0. The minimum atomic E-state index is -1.29. The van der Waals surface area contributed by atoms with Gasteiger partial charge >= 0.3 is 11.9 Å². The predicted octanol–water partition coefficient (Wildman–Crippen LogP) is -0.459. The Labute approximate surface area is 177 Å². The van der Waals surface area contributed by atoms with Gasteiger partial charge in [-0.05, 0) is 48.7 Å². The molecule has 3 atom stereocenters. The molecule has 11 nitrogen and oxygen atoms in total. The van der Waals surface area contributed by atoms with E-state index in [0.29, 0.717) is 12.8 Å². The molecule has 0 bridgehead atoms. The standard InChI is InChI=1S/C20H23N5O6/c21-20-24-16-15(18(29)25-20)12(9-22-16)6-3-10-1-4-11(5-2-10)17(28)23-13(19(30)31)7-8-14(26)27/h1-2,4-5,9,13,15-16,22H,3,6-8H2,(H,23,28)(H,26,27)(H,30,31)(H3,21,24,25,29). The second kappa shape index (κ2) is 9.28. The summed E-state index contributed by atoms with van der Waals surface area (Å²) in [5.74, 6) is -3.53. The lowest BCUT2D eigenvalue weighted by Crippen LogP contribution is -2.50. The molecule has 2 heterocycles. The first-order valence-corrected chi connectivity index (χ1v) is 9.68. The lowest BCUT2D eigenvalue weighted by molar-refractivity contribution is -0.140.